The van der Waals surface area contributed by atoms with Crippen molar-refractivity contribution in [3.63, 3.8) is 0 Å². The van der Waals surface area contributed by atoms with Crippen LogP contribution in [0, 0.1) is 0 Å². The van der Waals surface area contributed by atoms with Crippen LogP contribution in [0.5, 0.6) is 11.5 Å². The minimum absolute atomic E-state index is 0.150. The summed E-state index contributed by atoms with van der Waals surface area (Å²) in [6.07, 6.45) is 1.50. The van der Waals surface area contributed by atoms with E-state index in [1.54, 1.807) is 24.4 Å². The molecule has 0 amide bonds. The van der Waals surface area contributed by atoms with Crippen molar-refractivity contribution >= 4 is 28.9 Å². The van der Waals surface area contributed by atoms with Crippen LogP contribution in [0.4, 0.5) is 0 Å². The molecule has 0 aliphatic rings. The number of methoxy groups -OCH3 is 1. The van der Waals surface area contributed by atoms with E-state index in [2.05, 4.69) is 4.98 Å². The van der Waals surface area contributed by atoms with Crippen LogP contribution in [0.25, 0.3) is 0 Å². The van der Waals surface area contributed by atoms with Crippen molar-refractivity contribution in [3.05, 3.63) is 39.3 Å². The maximum absolute atomic E-state index is 10.7. The van der Waals surface area contributed by atoms with Gasteiger partial charge in [0, 0.05) is 12.2 Å². The van der Waals surface area contributed by atoms with E-state index in [1.807, 2.05) is 0 Å². The van der Waals surface area contributed by atoms with Crippen LogP contribution >= 0.6 is 22.9 Å². The van der Waals surface area contributed by atoms with Gasteiger partial charge in [-0.3, -0.25) is 4.79 Å². The first-order chi connectivity index (χ1) is 10.5. The molecule has 22 heavy (non-hydrogen) atoms. The summed E-state index contributed by atoms with van der Waals surface area (Å²) < 4.78 is 11.4. The Morgan fingerprint density at radius 1 is 1.50 bits per heavy atom. The Bertz CT molecular complexity index is 662. The second-order valence-corrected chi connectivity index (χ2v) is 6.18. The molecule has 0 radical (unpaired) electrons. The Balaban J connectivity index is 2.10. The highest BCUT2D eigenvalue weighted by molar-refractivity contribution is 7.15. The van der Waals surface area contributed by atoms with Gasteiger partial charge in [-0.05, 0) is 17.7 Å². The third-order valence-corrected chi connectivity index (χ3v) is 3.99. The molecule has 1 atom stereocenters. The van der Waals surface area contributed by atoms with Crippen LogP contribution in [0.3, 0.4) is 0 Å². The van der Waals surface area contributed by atoms with Crippen LogP contribution in [0.15, 0.2) is 24.4 Å². The summed E-state index contributed by atoms with van der Waals surface area (Å²) in [4.78, 5) is 15.5. The monoisotopic (exact) mass is 342 g/mol. The van der Waals surface area contributed by atoms with E-state index in [9.17, 15) is 4.79 Å². The molecule has 0 aliphatic carbocycles. The number of hydrogen-bond acceptors (Lipinski definition) is 6. The van der Waals surface area contributed by atoms with Crippen molar-refractivity contribution in [3.8, 4) is 11.5 Å². The van der Waals surface area contributed by atoms with Crippen molar-refractivity contribution < 1.29 is 19.4 Å². The number of thiazole rings is 1. The number of carboxylic acids is 1. The number of halogens is 1. The van der Waals surface area contributed by atoms with Gasteiger partial charge in [0.05, 0.1) is 18.4 Å². The molecular weight excluding hydrogens is 328 g/mol. The summed E-state index contributed by atoms with van der Waals surface area (Å²) in [5.74, 6) is 0.0844. The minimum atomic E-state index is -0.950. The van der Waals surface area contributed by atoms with E-state index < -0.39 is 12.0 Å². The normalized spacial score (nSPS) is 12.0. The van der Waals surface area contributed by atoms with Crippen molar-refractivity contribution in [2.24, 2.45) is 5.73 Å². The number of nitrogens with two attached hydrogens (primary N) is 1. The van der Waals surface area contributed by atoms with E-state index in [4.69, 9.17) is 31.9 Å². The molecule has 118 valence electrons. The predicted octanol–water partition coefficient (Wildman–Crippen LogP) is 2.86. The first-order valence-corrected chi connectivity index (χ1v) is 7.57. The fraction of sp³-hybridized carbons (Fsp3) is 0.286. The molecule has 8 heteroatoms. The molecule has 3 N–H and O–H groups in total. The van der Waals surface area contributed by atoms with Gasteiger partial charge < -0.3 is 20.3 Å². The lowest BCUT2D eigenvalue weighted by molar-refractivity contribution is -0.137. The van der Waals surface area contributed by atoms with Gasteiger partial charge in [-0.2, -0.15) is 0 Å². The lowest BCUT2D eigenvalue weighted by Crippen LogP contribution is -2.15. The quantitative estimate of drug-likeness (QED) is 0.803. The largest absolute Gasteiger partial charge is 0.493 e. The second-order valence-electron chi connectivity index (χ2n) is 4.48. The highest BCUT2D eigenvalue weighted by atomic mass is 35.5. The van der Waals surface area contributed by atoms with Crippen LogP contribution in [0.2, 0.25) is 4.47 Å². The van der Waals surface area contributed by atoms with Gasteiger partial charge in [-0.25, -0.2) is 4.98 Å². The van der Waals surface area contributed by atoms with E-state index in [-0.39, 0.29) is 6.42 Å². The summed E-state index contributed by atoms with van der Waals surface area (Å²) in [6, 6.07) is 4.52. The number of nitrogens with zero attached hydrogens (tertiary/aromatic N) is 1. The van der Waals surface area contributed by atoms with Crippen molar-refractivity contribution in [1.82, 2.24) is 4.98 Å². The maximum atomic E-state index is 10.7. The Hall–Kier alpha value is -1.83. The summed E-state index contributed by atoms with van der Waals surface area (Å²) in [5.41, 5.74) is 6.51. The van der Waals surface area contributed by atoms with Gasteiger partial charge in [0.2, 0.25) is 0 Å². The Morgan fingerprint density at radius 2 is 2.27 bits per heavy atom. The van der Waals surface area contributed by atoms with Crippen molar-refractivity contribution in [1.29, 1.82) is 0 Å². The molecule has 1 aromatic carbocycles. The number of carbonyl (C=O) groups is 1. The molecule has 0 bridgehead atoms. The molecule has 2 rings (SSSR count). The Kier molecular flexibility index (Phi) is 5.59. The van der Waals surface area contributed by atoms with E-state index in [1.165, 1.54) is 18.4 Å². The topological polar surface area (TPSA) is 94.7 Å². The molecule has 2 aromatic rings. The average Bonchev–Trinajstić information content (AvgIpc) is 2.89. The molecule has 0 saturated carbocycles. The average molecular weight is 343 g/mol. The van der Waals surface area contributed by atoms with Crippen LogP contribution in [-0.2, 0) is 11.4 Å². The number of aliphatic carboxylic acids is 1. The number of aromatic nitrogens is 1. The Morgan fingerprint density at radius 3 is 2.86 bits per heavy atom. The molecule has 0 spiro atoms. The van der Waals surface area contributed by atoms with Gasteiger partial charge in [0.25, 0.3) is 0 Å². The van der Waals surface area contributed by atoms with Gasteiger partial charge in [0.15, 0.2) is 16.0 Å². The summed E-state index contributed by atoms with van der Waals surface area (Å²) in [5, 5.41) is 8.79. The highest BCUT2D eigenvalue weighted by Gasteiger charge is 2.14. The van der Waals surface area contributed by atoms with Crippen molar-refractivity contribution in [2.45, 2.75) is 19.1 Å². The number of benzene rings is 1. The van der Waals surface area contributed by atoms with Gasteiger partial charge in [-0.1, -0.05) is 17.7 Å². The number of ether oxygens (including phenoxy) is 2. The lowest BCUT2D eigenvalue weighted by atomic mass is 10.0. The zero-order valence-corrected chi connectivity index (χ0v) is 13.4. The maximum Gasteiger partial charge on any atom is 0.305 e. The number of carboxylic acid groups (broad SMARTS) is 1. The molecular formula is C14H15ClN2O4S. The molecule has 1 heterocycles. The summed E-state index contributed by atoms with van der Waals surface area (Å²) in [7, 11) is 1.51. The summed E-state index contributed by atoms with van der Waals surface area (Å²) in [6.45, 7) is 0.321. The van der Waals surface area contributed by atoms with Gasteiger partial charge in [-0.15, -0.1) is 11.3 Å². The smallest absolute Gasteiger partial charge is 0.305 e. The first-order valence-electron chi connectivity index (χ1n) is 6.38. The molecule has 0 saturated heterocycles. The highest BCUT2D eigenvalue weighted by Crippen LogP contribution is 2.31. The molecule has 1 aromatic heterocycles. The first kappa shape index (κ1) is 16.5. The molecule has 0 fully saturated rings. The van der Waals surface area contributed by atoms with E-state index in [0.717, 1.165) is 4.88 Å². The van der Waals surface area contributed by atoms with E-state index in [0.29, 0.717) is 28.1 Å². The zero-order valence-electron chi connectivity index (χ0n) is 11.8. The third-order valence-electron chi connectivity index (χ3n) is 2.91. The van der Waals surface area contributed by atoms with Crippen LogP contribution in [0.1, 0.15) is 22.9 Å². The standard InChI is InChI=1S/C14H15ClN2O4S/c1-20-12-4-8(10(16)5-13(18)19)2-3-11(12)21-7-9-6-17-14(15)22-9/h2-4,6,10H,5,7,16H2,1H3,(H,18,19)/t10-/m0/s1. The van der Waals surface area contributed by atoms with Gasteiger partial charge in [0.1, 0.15) is 6.61 Å². The Labute approximate surface area is 136 Å². The second kappa shape index (κ2) is 7.44. The molecule has 0 aliphatic heterocycles. The zero-order chi connectivity index (χ0) is 16.1. The number of rotatable bonds is 7. The van der Waals surface area contributed by atoms with Gasteiger partial charge >= 0.3 is 5.97 Å². The predicted molar refractivity (Wildman–Crippen MR) is 83.6 cm³/mol. The fourth-order valence-corrected chi connectivity index (χ4v) is 2.73. The lowest BCUT2D eigenvalue weighted by Gasteiger charge is -2.14. The fourth-order valence-electron chi connectivity index (χ4n) is 1.84. The SMILES string of the molecule is COc1cc([C@@H](N)CC(=O)O)ccc1OCc1cnc(Cl)s1. The van der Waals surface area contributed by atoms with E-state index >= 15 is 0 Å². The van der Waals surface area contributed by atoms with Crippen LogP contribution in [-0.4, -0.2) is 23.2 Å². The molecule has 6 nitrogen and oxygen atoms in total. The third kappa shape index (κ3) is 4.33. The summed E-state index contributed by atoms with van der Waals surface area (Å²) >= 11 is 7.10. The minimum Gasteiger partial charge on any atom is -0.493 e. The van der Waals surface area contributed by atoms with Crippen molar-refractivity contribution in [2.75, 3.05) is 7.11 Å². The molecule has 0 unspecified atom stereocenters. The van der Waals surface area contributed by atoms with Crippen LogP contribution < -0.4 is 15.2 Å². The number of hydrogen-bond donors (Lipinski definition) is 2.